The van der Waals surface area contributed by atoms with Gasteiger partial charge in [0.15, 0.2) is 5.78 Å². The van der Waals surface area contributed by atoms with Crippen LogP contribution in [0.5, 0.6) is 0 Å². The number of ketones is 1. The van der Waals surface area contributed by atoms with Gasteiger partial charge in [0.25, 0.3) is 0 Å². The van der Waals surface area contributed by atoms with Gasteiger partial charge in [-0.15, -0.1) is 0 Å². The molecule has 0 bridgehead atoms. The minimum atomic E-state index is 0.0350. The van der Waals surface area contributed by atoms with Crippen LogP contribution < -0.4 is 0 Å². The van der Waals surface area contributed by atoms with Gasteiger partial charge in [0.2, 0.25) is 0 Å². The van der Waals surface area contributed by atoms with Gasteiger partial charge in [-0.2, -0.15) is 0 Å². The smallest absolute Gasteiger partial charge is 0.160 e. The molecular formula is C14H20O. The molecule has 1 rings (SSSR count). The fourth-order valence-electron chi connectivity index (χ4n) is 1.76. The van der Waals surface area contributed by atoms with Gasteiger partial charge in [-0.1, -0.05) is 39.8 Å². The van der Waals surface area contributed by atoms with Crippen molar-refractivity contribution < 1.29 is 4.79 Å². The highest BCUT2D eigenvalue weighted by Gasteiger charge is 2.19. The van der Waals surface area contributed by atoms with E-state index in [0.29, 0.717) is 0 Å². The fourth-order valence-corrected chi connectivity index (χ4v) is 1.76. The topological polar surface area (TPSA) is 17.1 Å². The predicted octanol–water partition coefficient (Wildman–Crippen LogP) is 3.75. The zero-order chi connectivity index (χ0) is 11.6. The number of benzene rings is 1. The van der Waals surface area contributed by atoms with E-state index in [4.69, 9.17) is 0 Å². The Labute approximate surface area is 92.5 Å². The molecule has 0 radical (unpaired) electrons. The SMILES string of the molecule is CCc1ccc(C(C)(C)C)c(C(C)=O)c1. The van der Waals surface area contributed by atoms with E-state index in [1.54, 1.807) is 6.92 Å². The summed E-state index contributed by atoms with van der Waals surface area (Å²) in [5, 5.41) is 0. The molecule has 0 saturated heterocycles. The molecule has 0 aromatic heterocycles. The second-order valence-electron chi connectivity index (χ2n) is 5.04. The molecule has 0 unspecified atom stereocenters. The first kappa shape index (κ1) is 12.0. The fraction of sp³-hybridized carbons (Fsp3) is 0.500. The van der Waals surface area contributed by atoms with Gasteiger partial charge < -0.3 is 0 Å². The summed E-state index contributed by atoms with van der Waals surface area (Å²) in [5.41, 5.74) is 3.29. The van der Waals surface area contributed by atoms with Gasteiger partial charge in [-0.3, -0.25) is 4.79 Å². The summed E-state index contributed by atoms with van der Waals surface area (Å²) in [7, 11) is 0. The molecule has 0 saturated carbocycles. The molecule has 0 heterocycles. The second-order valence-corrected chi connectivity index (χ2v) is 5.04. The molecule has 1 heteroatoms. The number of hydrogen-bond acceptors (Lipinski definition) is 1. The molecule has 1 aromatic rings. The molecule has 0 spiro atoms. The molecule has 0 aliphatic carbocycles. The molecule has 0 atom stereocenters. The summed E-state index contributed by atoms with van der Waals surface area (Å²) in [5.74, 6) is 0.162. The number of rotatable bonds is 2. The average Bonchev–Trinajstić information content (AvgIpc) is 2.15. The maximum atomic E-state index is 11.6. The molecule has 15 heavy (non-hydrogen) atoms. The monoisotopic (exact) mass is 204 g/mol. The van der Waals surface area contributed by atoms with E-state index in [2.05, 4.69) is 39.8 Å². The van der Waals surface area contributed by atoms with Crippen LogP contribution in [0.2, 0.25) is 0 Å². The Balaban J connectivity index is 3.34. The van der Waals surface area contributed by atoms with Crippen molar-refractivity contribution in [3.05, 3.63) is 34.9 Å². The Hall–Kier alpha value is -1.11. The predicted molar refractivity (Wildman–Crippen MR) is 64.5 cm³/mol. The molecule has 0 aliphatic rings. The Morgan fingerprint density at radius 3 is 2.27 bits per heavy atom. The van der Waals surface area contributed by atoms with Crippen molar-refractivity contribution in [2.24, 2.45) is 0 Å². The number of carbonyl (C=O) groups is 1. The Bertz CT molecular complexity index is 369. The van der Waals surface area contributed by atoms with E-state index in [1.807, 2.05) is 6.07 Å². The molecule has 0 amide bonds. The second kappa shape index (κ2) is 4.18. The van der Waals surface area contributed by atoms with Crippen LogP contribution in [0.15, 0.2) is 18.2 Å². The van der Waals surface area contributed by atoms with Crippen molar-refractivity contribution in [2.45, 2.75) is 46.5 Å². The highest BCUT2D eigenvalue weighted by Crippen LogP contribution is 2.27. The van der Waals surface area contributed by atoms with E-state index in [0.717, 1.165) is 17.5 Å². The van der Waals surface area contributed by atoms with Crippen LogP contribution in [0.1, 0.15) is 56.1 Å². The minimum absolute atomic E-state index is 0.0350. The zero-order valence-corrected chi connectivity index (χ0v) is 10.3. The first-order valence-corrected chi connectivity index (χ1v) is 5.50. The first-order chi connectivity index (χ1) is 6.86. The lowest BCUT2D eigenvalue weighted by atomic mass is 9.82. The number of aryl methyl sites for hydroxylation is 1. The summed E-state index contributed by atoms with van der Waals surface area (Å²) < 4.78 is 0. The van der Waals surface area contributed by atoms with Crippen molar-refractivity contribution in [3.8, 4) is 0 Å². The lowest BCUT2D eigenvalue weighted by Gasteiger charge is -2.22. The summed E-state index contributed by atoms with van der Waals surface area (Å²) in [6, 6.07) is 6.24. The summed E-state index contributed by atoms with van der Waals surface area (Å²) >= 11 is 0. The van der Waals surface area contributed by atoms with Crippen LogP contribution >= 0.6 is 0 Å². The largest absolute Gasteiger partial charge is 0.295 e. The van der Waals surface area contributed by atoms with Crippen LogP contribution in [0.4, 0.5) is 0 Å². The van der Waals surface area contributed by atoms with E-state index in [-0.39, 0.29) is 11.2 Å². The standard InChI is InChI=1S/C14H20O/c1-6-11-7-8-13(14(3,4)5)12(9-11)10(2)15/h7-9H,6H2,1-5H3. The Morgan fingerprint density at radius 1 is 1.27 bits per heavy atom. The van der Waals surface area contributed by atoms with Crippen LogP contribution in [0, 0.1) is 0 Å². The first-order valence-electron chi connectivity index (χ1n) is 5.50. The summed E-state index contributed by atoms with van der Waals surface area (Å²) in [4.78, 5) is 11.6. The molecule has 1 aromatic carbocycles. The van der Waals surface area contributed by atoms with Crippen molar-refractivity contribution in [3.63, 3.8) is 0 Å². The van der Waals surface area contributed by atoms with Gasteiger partial charge >= 0.3 is 0 Å². The third-order valence-electron chi connectivity index (χ3n) is 2.68. The van der Waals surface area contributed by atoms with Crippen molar-refractivity contribution >= 4 is 5.78 Å². The third kappa shape index (κ3) is 2.68. The highest BCUT2D eigenvalue weighted by atomic mass is 16.1. The number of carbonyl (C=O) groups excluding carboxylic acids is 1. The Morgan fingerprint density at radius 2 is 1.87 bits per heavy atom. The maximum Gasteiger partial charge on any atom is 0.160 e. The zero-order valence-electron chi connectivity index (χ0n) is 10.3. The molecule has 82 valence electrons. The Kier molecular flexibility index (Phi) is 3.33. The highest BCUT2D eigenvalue weighted by molar-refractivity contribution is 5.96. The van der Waals surface area contributed by atoms with Crippen LogP contribution in [-0.4, -0.2) is 5.78 Å². The molecule has 0 fully saturated rings. The summed E-state index contributed by atoms with van der Waals surface area (Å²) in [6.07, 6.45) is 0.977. The van der Waals surface area contributed by atoms with E-state index in [9.17, 15) is 4.79 Å². The maximum absolute atomic E-state index is 11.6. The van der Waals surface area contributed by atoms with Crippen LogP contribution in [0.3, 0.4) is 0 Å². The van der Waals surface area contributed by atoms with Crippen molar-refractivity contribution in [1.82, 2.24) is 0 Å². The molecular weight excluding hydrogens is 184 g/mol. The van der Waals surface area contributed by atoms with Crippen molar-refractivity contribution in [1.29, 1.82) is 0 Å². The molecule has 1 nitrogen and oxygen atoms in total. The number of Topliss-reactive ketones (excluding diaryl/α,β-unsaturated/α-hetero) is 1. The summed E-state index contributed by atoms with van der Waals surface area (Å²) in [6.45, 7) is 10.2. The quantitative estimate of drug-likeness (QED) is 0.670. The van der Waals surface area contributed by atoms with Crippen LogP contribution in [0.25, 0.3) is 0 Å². The van der Waals surface area contributed by atoms with Gasteiger partial charge in [-0.25, -0.2) is 0 Å². The molecule has 0 aliphatic heterocycles. The van der Waals surface area contributed by atoms with Gasteiger partial charge in [0, 0.05) is 5.56 Å². The number of hydrogen-bond donors (Lipinski definition) is 0. The minimum Gasteiger partial charge on any atom is -0.295 e. The van der Waals surface area contributed by atoms with E-state index < -0.39 is 0 Å². The average molecular weight is 204 g/mol. The molecule has 0 N–H and O–H groups in total. The van der Waals surface area contributed by atoms with Gasteiger partial charge in [0.05, 0.1) is 0 Å². The van der Waals surface area contributed by atoms with E-state index >= 15 is 0 Å². The lowest BCUT2D eigenvalue weighted by Crippen LogP contribution is -2.16. The third-order valence-corrected chi connectivity index (χ3v) is 2.68. The van der Waals surface area contributed by atoms with Crippen molar-refractivity contribution in [2.75, 3.05) is 0 Å². The van der Waals surface area contributed by atoms with Gasteiger partial charge in [-0.05, 0) is 36.0 Å². The van der Waals surface area contributed by atoms with E-state index in [1.165, 1.54) is 5.56 Å². The lowest BCUT2D eigenvalue weighted by molar-refractivity contribution is 0.101. The normalized spacial score (nSPS) is 11.5. The van der Waals surface area contributed by atoms with Crippen LogP contribution in [-0.2, 0) is 11.8 Å². The van der Waals surface area contributed by atoms with Gasteiger partial charge in [0.1, 0.15) is 0 Å².